The molecule has 0 saturated carbocycles. The molecule has 2 heterocycles. The van der Waals surface area contributed by atoms with E-state index in [9.17, 15) is 0 Å². The Morgan fingerprint density at radius 2 is 1.58 bits per heavy atom. The minimum absolute atomic E-state index is 0.00692. The smallest absolute Gasteiger partial charge is 0.210 e. The van der Waals surface area contributed by atoms with Crippen molar-refractivity contribution >= 4 is 27.9 Å². The van der Waals surface area contributed by atoms with Gasteiger partial charge in [-0.2, -0.15) is 4.58 Å². The molecule has 2 heteroatoms. The molecule has 0 aromatic heterocycles. The summed E-state index contributed by atoms with van der Waals surface area (Å²) in [5.41, 5.74) is 8.35. The molecule has 0 saturated heterocycles. The lowest BCUT2D eigenvalue weighted by atomic mass is 9.79. The van der Waals surface area contributed by atoms with E-state index in [1.165, 1.54) is 57.5 Å². The van der Waals surface area contributed by atoms with Gasteiger partial charge in [0.1, 0.15) is 6.54 Å². The highest BCUT2D eigenvalue weighted by atomic mass is 15.2. The van der Waals surface area contributed by atoms with Crippen LogP contribution in [-0.4, -0.2) is 23.4 Å². The van der Waals surface area contributed by atoms with E-state index in [2.05, 4.69) is 130 Å². The van der Waals surface area contributed by atoms with E-state index in [1.54, 1.807) is 0 Å². The predicted molar refractivity (Wildman–Crippen MR) is 156 cm³/mol. The molecule has 0 atom stereocenters. The quantitative estimate of drug-likeness (QED) is 0.309. The van der Waals surface area contributed by atoms with E-state index >= 15 is 0 Å². The van der Waals surface area contributed by atoms with Gasteiger partial charge in [0.25, 0.3) is 0 Å². The molecule has 0 aliphatic carbocycles. The van der Waals surface area contributed by atoms with Crippen molar-refractivity contribution in [1.29, 1.82) is 0 Å². The van der Waals surface area contributed by atoms with Crippen molar-refractivity contribution in [3.63, 3.8) is 0 Å². The summed E-state index contributed by atoms with van der Waals surface area (Å²) in [7, 11) is 0. The second-order valence-corrected chi connectivity index (χ2v) is 11.4. The summed E-state index contributed by atoms with van der Waals surface area (Å²) < 4.78 is 2.58. The Kier molecular flexibility index (Phi) is 6.41. The molecule has 2 aliphatic rings. The first-order chi connectivity index (χ1) is 17.3. The lowest BCUT2D eigenvalue weighted by molar-refractivity contribution is -0.438. The van der Waals surface area contributed by atoms with Gasteiger partial charge in [0.05, 0.1) is 5.41 Å². The lowest BCUT2D eigenvalue weighted by Gasteiger charge is -2.26. The van der Waals surface area contributed by atoms with Crippen LogP contribution in [0, 0.1) is 0 Å². The van der Waals surface area contributed by atoms with E-state index in [0.717, 1.165) is 19.5 Å². The molecule has 0 unspecified atom stereocenters. The van der Waals surface area contributed by atoms with Crippen molar-refractivity contribution in [1.82, 2.24) is 0 Å². The molecule has 5 rings (SSSR count). The van der Waals surface area contributed by atoms with Crippen LogP contribution in [0.2, 0.25) is 0 Å². The molecule has 0 radical (unpaired) electrons. The van der Waals surface area contributed by atoms with Crippen LogP contribution in [0.3, 0.4) is 0 Å². The number of hydrogen-bond donors (Lipinski definition) is 0. The van der Waals surface area contributed by atoms with Crippen molar-refractivity contribution in [2.45, 2.75) is 71.6 Å². The Bertz CT molecular complexity index is 1380. The SMILES string of the molecule is CCCC[N+]1=C(C=CC=C2N(CCC)c3ccccc3C2(C)C)C(C)(C)c2c1ccc1ccccc21. The summed E-state index contributed by atoms with van der Waals surface area (Å²) in [5, 5.41) is 2.71. The van der Waals surface area contributed by atoms with E-state index < -0.39 is 0 Å². The van der Waals surface area contributed by atoms with Crippen LogP contribution in [0.5, 0.6) is 0 Å². The van der Waals surface area contributed by atoms with Crippen molar-refractivity contribution in [2.24, 2.45) is 0 Å². The standard InChI is InChI=1S/C34H41N2/c1-7-9-24-36-29-22-21-25-15-10-11-16-26(25)32(29)34(5,6)31(36)20-14-19-30-33(3,4)27-17-12-13-18-28(27)35(30)23-8-2/h10-22H,7-9,23-24H2,1-6H3/q+1. The van der Waals surface area contributed by atoms with Gasteiger partial charge >= 0.3 is 0 Å². The average molecular weight is 478 g/mol. The van der Waals surface area contributed by atoms with Gasteiger partial charge < -0.3 is 4.90 Å². The molecular weight excluding hydrogens is 436 g/mol. The maximum Gasteiger partial charge on any atom is 0.210 e. The Hall–Kier alpha value is -3.13. The highest BCUT2D eigenvalue weighted by Gasteiger charge is 2.45. The third kappa shape index (κ3) is 3.82. The van der Waals surface area contributed by atoms with E-state index in [0.29, 0.717) is 0 Å². The van der Waals surface area contributed by atoms with Crippen molar-refractivity contribution in [2.75, 3.05) is 18.0 Å². The zero-order valence-corrected chi connectivity index (χ0v) is 22.9. The highest BCUT2D eigenvalue weighted by Crippen LogP contribution is 2.48. The number of nitrogens with zero attached hydrogens (tertiary/aromatic N) is 2. The van der Waals surface area contributed by atoms with Gasteiger partial charge in [0, 0.05) is 47.5 Å². The number of anilines is 1. The summed E-state index contributed by atoms with van der Waals surface area (Å²) in [5.74, 6) is 0. The van der Waals surface area contributed by atoms with Crippen LogP contribution in [0.4, 0.5) is 11.4 Å². The molecule has 3 aromatic rings. The summed E-state index contributed by atoms with van der Waals surface area (Å²) in [6.45, 7) is 16.2. The number of para-hydroxylation sites is 1. The van der Waals surface area contributed by atoms with Crippen LogP contribution < -0.4 is 4.90 Å². The lowest BCUT2D eigenvalue weighted by Crippen LogP contribution is -2.28. The number of unbranched alkanes of at least 4 members (excludes halogenated alkanes) is 1. The molecule has 186 valence electrons. The van der Waals surface area contributed by atoms with Crippen LogP contribution in [0.25, 0.3) is 10.8 Å². The van der Waals surface area contributed by atoms with Gasteiger partial charge in [-0.25, -0.2) is 0 Å². The van der Waals surface area contributed by atoms with Crippen molar-refractivity contribution < 1.29 is 4.58 Å². The molecule has 0 amide bonds. The predicted octanol–water partition coefficient (Wildman–Crippen LogP) is 8.66. The second kappa shape index (κ2) is 9.39. The van der Waals surface area contributed by atoms with Crippen molar-refractivity contribution in [3.8, 4) is 0 Å². The van der Waals surface area contributed by atoms with Gasteiger partial charge in [-0.3, -0.25) is 0 Å². The van der Waals surface area contributed by atoms with Gasteiger partial charge in [-0.15, -0.1) is 0 Å². The molecule has 2 aliphatic heterocycles. The van der Waals surface area contributed by atoms with Gasteiger partial charge in [0.2, 0.25) is 5.69 Å². The number of hydrogen-bond acceptors (Lipinski definition) is 1. The molecule has 0 spiro atoms. The Morgan fingerprint density at radius 3 is 2.36 bits per heavy atom. The van der Waals surface area contributed by atoms with Crippen LogP contribution >= 0.6 is 0 Å². The zero-order valence-electron chi connectivity index (χ0n) is 22.9. The molecule has 36 heavy (non-hydrogen) atoms. The van der Waals surface area contributed by atoms with E-state index in [1.807, 2.05) is 0 Å². The van der Waals surface area contributed by atoms with Crippen LogP contribution in [0.15, 0.2) is 84.6 Å². The van der Waals surface area contributed by atoms with Crippen LogP contribution in [0.1, 0.15) is 71.9 Å². The minimum Gasteiger partial charge on any atom is -0.344 e. The zero-order chi connectivity index (χ0) is 25.5. The third-order valence-corrected chi connectivity index (χ3v) is 8.24. The topological polar surface area (TPSA) is 6.25 Å². The fraction of sp³-hybridized carbons (Fsp3) is 0.382. The van der Waals surface area contributed by atoms with Crippen molar-refractivity contribution in [3.05, 3.63) is 95.7 Å². The first kappa shape index (κ1) is 24.6. The Balaban J connectivity index is 1.59. The molecular formula is C34H41N2+. The molecule has 0 bridgehead atoms. The highest BCUT2D eigenvalue weighted by molar-refractivity contribution is 6.07. The maximum atomic E-state index is 2.58. The average Bonchev–Trinajstić information content (AvgIpc) is 3.22. The van der Waals surface area contributed by atoms with Crippen LogP contribution in [-0.2, 0) is 10.8 Å². The fourth-order valence-electron chi connectivity index (χ4n) is 6.43. The number of fused-ring (bicyclic) bond motifs is 4. The first-order valence-electron chi connectivity index (χ1n) is 13.8. The molecule has 0 fully saturated rings. The second-order valence-electron chi connectivity index (χ2n) is 11.4. The molecule has 2 nitrogen and oxygen atoms in total. The van der Waals surface area contributed by atoms with E-state index in [4.69, 9.17) is 0 Å². The minimum atomic E-state index is -0.0593. The summed E-state index contributed by atoms with van der Waals surface area (Å²) >= 11 is 0. The van der Waals surface area contributed by atoms with Gasteiger partial charge in [-0.1, -0.05) is 82.7 Å². The normalized spacial score (nSPS) is 19.1. The summed E-state index contributed by atoms with van der Waals surface area (Å²) in [6, 6.07) is 22.4. The molecule has 3 aromatic carbocycles. The van der Waals surface area contributed by atoms with E-state index in [-0.39, 0.29) is 10.8 Å². The van der Waals surface area contributed by atoms with Gasteiger partial charge in [0.15, 0.2) is 5.71 Å². The molecule has 0 N–H and O–H groups in total. The third-order valence-electron chi connectivity index (χ3n) is 8.24. The monoisotopic (exact) mass is 477 g/mol. The largest absolute Gasteiger partial charge is 0.344 e. The Morgan fingerprint density at radius 1 is 0.833 bits per heavy atom. The number of benzene rings is 3. The summed E-state index contributed by atoms with van der Waals surface area (Å²) in [4.78, 5) is 2.53. The van der Waals surface area contributed by atoms with Gasteiger partial charge in [-0.05, 0) is 54.8 Å². The first-order valence-corrected chi connectivity index (χ1v) is 13.8. The number of allylic oxidation sites excluding steroid dienone is 4. The Labute approximate surface area is 217 Å². The fourth-order valence-corrected chi connectivity index (χ4v) is 6.43. The summed E-state index contributed by atoms with van der Waals surface area (Å²) in [6.07, 6.45) is 10.6. The number of rotatable bonds is 7. The maximum absolute atomic E-state index is 2.58.